The molecule has 1 saturated heterocycles. The number of carbonyl (C=O) groups excluding carboxylic acids is 3. The van der Waals surface area contributed by atoms with Crippen LogP contribution in [0, 0.1) is 10.8 Å². The van der Waals surface area contributed by atoms with Crippen molar-refractivity contribution in [3.63, 3.8) is 0 Å². The van der Waals surface area contributed by atoms with Gasteiger partial charge < -0.3 is 15.4 Å². The van der Waals surface area contributed by atoms with Crippen molar-refractivity contribution in [2.75, 3.05) is 10.6 Å². The first kappa shape index (κ1) is 27.8. The van der Waals surface area contributed by atoms with Crippen molar-refractivity contribution in [2.45, 2.75) is 39.0 Å². The van der Waals surface area contributed by atoms with Crippen LogP contribution >= 0.6 is 11.6 Å². The molecule has 4 N–H and O–H groups in total. The highest BCUT2D eigenvalue weighted by atomic mass is 35.5. The molecule has 13 nitrogen and oxygen atoms in total. The molecule has 2 unspecified atom stereocenters. The van der Waals surface area contributed by atoms with Crippen LogP contribution in [-0.4, -0.2) is 50.1 Å². The molecule has 2 aliphatic heterocycles. The Morgan fingerprint density at radius 2 is 1.83 bits per heavy atom. The van der Waals surface area contributed by atoms with Gasteiger partial charge in [0, 0.05) is 33.8 Å². The SMILES string of the molecule is C[C@@H](C(=O)N=O)[C@H](C)N1C(=O)N(N)C(Nc2ccc3c(c2)NC(c2ccncc2)O3)N(Cc2ccc(Cl)cc2)C1=O. The van der Waals surface area contributed by atoms with Gasteiger partial charge >= 0.3 is 12.1 Å². The first-order valence-corrected chi connectivity index (χ1v) is 13.1. The number of hydrogen-bond acceptors (Lipinski definition) is 9. The van der Waals surface area contributed by atoms with E-state index in [-0.39, 0.29) is 6.54 Å². The number of hydrogen-bond donors (Lipinski definition) is 3. The zero-order valence-corrected chi connectivity index (χ0v) is 22.9. The largest absolute Gasteiger partial charge is 0.464 e. The van der Waals surface area contributed by atoms with Crippen LogP contribution in [0.5, 0.6) is 5.75 Å². The summed E-state index contributed by atoms with van der Waals surface area (Å²) >= 11 is 6.04. The highest BCUT2D eigenvalue weighted by Gasteiger charge is 2.47. The molecule has 2 aromatic carbocycles. The van der Waals surface area contributed by atoms with E-state index in [9.17, 15) is 19.3 Å². The lowest BCUT2D eigenvalue weighted by atomic mass is 10.0. The molecule has 1 fully saturated rings. The first-order valence-electron chi connectivity index (χ1n) is 12.7. The van der Waals surface area contributed by atoms with E-state index >= 15 is 0 Å². The number of nitrogens with two attached hydrogens (primary N) is 1. The molecule has 0 radical (unpaired) electrons. The number of rotatable bonds is 8. The number of hydrazine groups is 1. The maximum Gasteiger partial charge on any atom is 0.346 e. The number of imide groups is 1. The normalized spacial score (nSPS) is 19.7. The third-order valence-corrected chi connectivity index (χ3v) is 7.38. The van der Waals surface area contributed by atoms with Crippen molar-refractivity contribution in [3.8, 4) is 5.75 Å². The van der Waals surface area contributed by atoms with Crippen LogP contribution in [0.1, 0.15) is 31.2 Å². The first-order chi connectivity index (χ1) is 19.7. The van der Waals surface area contributed by atoms with Crippen molar-refractivity contribution < 1.29 is 19.1 Å². The van der Waals surface area contributed by atoms with Gasteiger partial charge in [0.2, 0.25) is 6.29 Å². The molecule has 212 valence electrons. The van der Waals surface area contributed by atoms with E-state index in [0.717, 1.165) is 15.5 Å². The molecule has 14 heteroatoms. The van der Waals surface area contributed by atoms with Crippen molar-refractivity contribution >= 4 is 40.9 Å². The number of carbonyl (C=O) groups is 3. The number of fused-ring (bicyclic) bond motifs is 1. The second-order valence-corrected chi connectivity index (χ2v) is 10.1. The fraction of sp³-hybridized carbons (Fsp3) is 0.259. The molecule has 0 spiro atoms. The Labute approximate surface area is 240 Å². The van der Waals surface area contributed by atoms with E-state index in [1.807, 2.05) is 12.1 Å². The highest BCUT2D eigenvalue weighted by molar-refractivity contribution is 6.30. The minimum atomic E-state index is -1.11. The lowest BCUT2D eigenvalue weighted by Crippen LogP contribution is -2.72. The van der Waals surface area contributed by atoms with E-state index in [0.29, 0.717) is 27.7 Å². The van der Waals surface area contributed by atoms with Crippen molar-refractivity contribution in [3.05, 3.63) is 88.0 Å². The lowest BCUT2D eigenvalue weighted by Gasteiger charge is -2.47. The standard InChI is InChI=1S/C27H27ClN8O5/c1-15(23(37)33-40)16(2)35-26(38)34(14-17-3-5-19(28)6-4-17)25(36(29)27(35)39)31-20-7-8-22-21(13-20)32-24(41-22)18-9-11-30-12-10-18/h3-13,15-16,24-25,31-32H,14,29H2,1-2H3/t15-,16+,24?,25?/m1/s1. The monoisotopic (exact) mass is 578 g/mol. The van der Waals surface area contributed by atoms with Crippen molar-refractivity contribution in [1.29, 1.82) is 0 Å². The Hall–Kier alpha value is -4.75. The van der Waals surface area contributed by atoms with Gasteiger partial charge in [0.1, 0.15) is 5.75 Å². The summed E-state index contributed by atoms with van der Waals surface area (Å²) in [6.45, 7) is 2.95. The van der Waals surface area contributed by atoms with Gasteiger partial charge in [-0.1, -0.05) is 30.7 Å². The molecule has 4 atom stereocenters. The Morgan fingerprint density at radius 3 is 2.51 bits per heavy atom. The zero-order valence-electron chi connectivity index (χ0n) is 22.1. The van der Waals surface area contributed by atoms with E-state index < -0.39 is 42.4 Å². The van der Waals surface area contributed by atoms with Gasteiger partial charge in [0.25, 0.3) is 5.91 Å². The number of nitroso groups, excluding NO2 is 1. The molecule has 0 aliphatic carbocycles. The van der Waals surface area contributed by atoms with Crippen LogP contribution in [0.25, 0.3) is 0 Å². The summed E-state index contributed by atoms with van der Waals surface area (Å²) in [5.74, 6) is 4.90. The number of halogens is 1. The Bertz CT molecular complexity index is 1470. The van der Waals surface area contributed by atoms with Gasteiger partial charge in [0.05, 0.1) is 24.2 Å². The fourth-order valence-electron chi connectivity index (χ4n) is 4.63. The number of nitrogens with one attached hydrogen (secondary N) is 2. The van der Waals surface area contributed by atoms with Crippen LogP contribution in [0.4, 0.5) is 21.0 Å². The summed E-state index contributed by atoms with van der Waals surface area (Å²) in [4.78, 5) is 56.3. The number of benzene rings is 2. The molecule has 0 bridgehead atoms. The summed E-state index contributed by atoms with van der Waals surface area (Å²) < 4.78 is 6.00. The van der Waals surface area contributed by atoms with E-state index in [2.05, 4.69) is 20.8 Å². The molecular formula is C27H27ClN8O5. The summed E-state index contributed by atoms with van der Waals surface area (Å²) in [5, 5.41) is 10.3. The smallest absolute Gasteiger partial charge is 0.346 e. The van der Waals surface area contributed by atoms with Crippen molar-refractivity contribution in [2.24, 2.45) is 16.9 Å². The number of urea groups is 2. The topological polar surface area (TPSA) is 163 Å². The van der Waals surface area contributed by atoms with Crippen LogP contribution in [0.2, 0.25) is 5.02 Å². The second-order valence-electron chi connectivity index (χ2n) is 9.71. The molecule has 5 amide bonds. The van der Waals surface area contributed by atoms with Crippen LogP contribution < -0.4 is 21.2 Å². The van der Waals surface area contributed by atoms with Gasteiger partial charge in [0.15, 0.2) is 6.23 Å². The molecule has 3 aromatic rings. The zero-order chi connectivity index (χ0) is 29.3. The van der Waals surface area contributed by atoms with Gasteiger partial charge in [-0.25, -0.2) is 25.3 Å². The van der Waals surface area contributed by atoms with Crippen LogP contribution in [0.15, 0.2) is 72.2 Å². The summed E-state index contributed by atoms with van der Waals surface area (Å²) in [7, 11) is 0. The molecule has 41 heavy (non-hydrogen) atoms. The predicted octanol–water partition coefficient (Wildman–Crippen LogP) is 4.48. The summed E-state index contributed by atoms with van der Waals surface area (Å²) in [6, 6.07) is 13.3. The minimum absolute atomic E-state index is 0.0442. The summed E-state index contributed by atoms with van der Waals surface area (Å²) in [6.07, 6.45) is 1.83. The molecule has 2 aliphatic rings. The maximum atomic E-state index is 13.8. The van der Waals surface area contributed by atoms with E-state index in [4.69, 9.17) is 22.2 Å². The van der Waals surface area contributed by atoms with Crippen molar-refractivity contribution in [1.82, 2.24) is 19.8 Å². The summed E-state index contributed by atoms with van der Waals surface area (Å²) in [5.41, 5.74) is 2.85. The van der Waals surface area contributed by atoms with Crippen LogP contribution in [-0.2, 0) is 11.3 Å². The quantitative estimate of drug-likeness (QED) is 0.198. The minimum Gasteiger partial charge on any atom is -0.464 e. The highest BCUT2D eigenvalue weighted by Crippen LogP contribution is 2.39. The fourth-order valence-corrected chi connectivity index (χ4v) is 4.75. The Morgan fingerprint density at radius 1 is 1.12 bits per heavy atom. The Kier molecular flexibility index (Phi) is 7.72. The third-order valence-electron chi connectivity index (χ3n) is 7.13. The molecule has 1 aromatic heterocycles. The number of nitrogens with zero attached hydrogens (tertiary/aromatic N) is 5. The molecule has 3 heterocycles. The number of aromatic nitrogens is 1. The second kappa shape index (κ2) is 11.4. The van der Waals surface area contributed by atoms with Gasteiger partial charge in [-0.15, -0.1) is 4.91 Å². The third kappa shape index (κ3) is 5.49. The number of anilines is 2. The van der Waals surface area contributed by atoms with Gasteiger partial charge in [-0.05, 0) is 55.0 Å². The van der Waals surface area contributed by atoms with Gasteiger partial charge in [-0.2, -0.15) is 0 Å². The average molecular weight is 579 g/mol. The number of pyridine rings is 1. The number of amides is 5. The Balaban J connectivity index is 1.43. The van der Waals surface area contributed by atoms with Gasteiger partial charge in [-0.3, -0.25) is 14.7 Å². The maximum absolute atomic E-state index is 13.8. The predicted molar refractivity (Wildman–Crippen MR) is 150 cm³/mol. The number of ether oxygens (including phenoxy) is 1. The average Bonchev–Trinajstić information content (AvgIpc) is 3.42. The van der Waals surface area contributed by atoms with E-state index in [1.165, 1.54) is 18.7 Å². The molecular weight excluding hydrogens is 552 g/mol. The van der Waals surface area contributed by atoms with Crippen LogP contribution in [0.3, 0.4) is 0 Å². The molecule has 5 rings (SSSR count). The molecule has 0 saturated carbocycles. The van der Waals surface area contributed by atoms with E-state index in [1.54, 1.807) is 54.9 Å². The lowest BCUT2D eigenvalue weighted by molar-refractivity contribution is -0.122.